The van der Waals surface area contributed by atoms with Crippen LogP contribution in [0.25, 0.3) is 0 Å². The average Bonchev–Trinajstić information content (AvgIpc) is 3.12. The summed E-state index contributed by atoms with van der Waals surface area (Å²) in [4.78, 5) is 24.4. The van der Waals surface area contributed by atoms with Crippen molar-refractivity contribution in [2.24, 2.45) is 11.8 Å². The Labute approximate surface area is 201 Å². The summed E-state index contributed by atoms with van der Waals surface area (Å²) in [6, 6.07) is 9.56. The number of fused-ring (bicyclic) bond motifs is 1. The molecule has 7 heteroatoms. The van der Waals surface area contributed by atoms with Crippen molar-refractivity contribution in [2.45, 2.75) is 108 Å². The number of carbonyl (C=O) groups is 2. The molecule has 4 atom stereocenters. The van der Waals surface area contributed by atoms with E-state index in [0.717, 1.165) is 31.2 Å². The molecular formula is C27H38F2O5. The molecule has 1 aromatic rings. The predicted molar refractivity (Wildman–Crippen MR) is 124 cm³/mol. The first-order chi connectivity index (χ1) is 16.3. The number of carbonyl (C=O) groups excluding carboxylic acids is 2. The molecule has 190 valence electrons. The number of ketones is 1. The molecule has 0 spiro atoms. The number of aliphatic hydroxyl groups is 1. The lowest BCUT2D eigenvalue weighted by Crippen LogP contribution is -2.55. The molecule has 1 aliphatic heterocycles. The Kier molecular flexibility index (Phi) is 9.60. The van der Waals surface area contributed by atoms with Gasteiger partial charge in [-0.1, -0.05) is 62.9 Å². The third kappa shape index (κ3) is 6.85. The zero-order chi connectivity index (χ0) is 24.6. The Hall–Kier alpha value is -1.86. The Bertz CT molecular complexity index is 799. The molecule has 1 saturated carbocycles. The van der Waals surface area contributed by atoms with Gasteiger partial charge in [0.25, 0.3) is 0 Å². The second-order valence-electron chi connectivity index (χ2n) is 9.83. The number of rotatable bonds is 13. The molecule has 5 nitrogen and oxygen atoms in total. The molecule has 1 aliphatic carbocycles. The van der Waals surface area contributed by atoms with Gasteiger partial charge in [-0.15, -0.1) is 0 Å². The predicted octanol–water partition coefficient (Wildman–Crippen LogP) is 5.97. The van der Waals surface area contributed by atoms with Crippen molar-refractivity contribution in [2.75, 3.05) is 0 Å². The standard InChI is InChI=1S/C27H38F2O5/c1-2-3-16-26(28,29)27(32)17-15-22-21(23(30)18-24(22)34-27)13-9-4-5-10-14-25(31)33-19-20-11-7-6-8-12-20/h6-8,11-12,21-22,24,32H,2-5,9-10,13-19H2,1H3/t21?,22?,24?,27-/m1/s1. The molecule has 3 rings (SSSR count). The van der Waals surface area contributed by atoms with E-state index in [2.05, 4.69) is 0 Å². The van der Waals surface area contributed by atoms with Crippen molar-refractivity contribution in [1.29, 1.82) is 0 Å². The van der Waals surface area contributed by atoms with Gasteiger partial charge in [-0.25, -0.2) is 8.78 Å². The second-order valence-corrected chi connectivity index (χ2v) is 9.83. The van der Waals surface area contributed by atoms with Crippen LogP contribution < -0.4 is 0 Å². The highest BCUT2D eigenvalue weighted by Gasteiger charge is 2.59. The zero-order valence-corrected chi connectivity index (χ0v) is 20.1. The molecule has 34 heavy (non-hydrogen) atoms. The molecule has 1 N–H and O–H groups in total. The molecule has 0 aromatic heterocycles. The van der Waals surface area contributed by atoms with E-state index in [1.54, 1.807) is 0 Å². The van der Waals surface area contributed by atoms with Crippen LogP contribution in [-0.4, -0.2) is 34.7 Å². The number of hydrogen-bond acceptors (Lipinski definition) is 5. The molecule has 1 saturated heterocycles. The van der Waals surface area contributed by atoms with Crippen molar-refractivity contribution in [3.05, 3.63) is 35.9 Å². The van der Waals surface area contributed by atoms with E-state index in [1.807, 2.05) is 37.3 Å². The van der Waals surface area contributed by atoms with Gasteiger partial charge in [0.1, 0.15) is 12.4 Å². The lowest BCUT2D eigenvalue weighted by molar-refractivity contribution is -0.356. The fourth-order valence-corrected chi connectivity index (χ4v) is 5.22. The van der Waals surface area contributed by atoms with Crippen LogP contribution in [-0.2, 0) is 25.7 Å². The summed E-state index contributed by atoms with van der Waals surface area (Å²) in [5.74, 6) is -6.21. The highest BCUT2D eigenvalue weighted by molar-refractivity contribution is 5.84. The Balaban J connectivity index is 1.34. The Morgan fingerprint density at radius 3 is 2.65 bits per heavy atom. The van der Waals surface area contributed by atoms with Crippen molar-refractivity contribution >= 4 is 11.8 Å². The van der Waals surface area contributed by atoms with E-state index < -0.39 is 24.2 Å². The van der Waals surface area contributed by atoms with Gasteiger partial charge < -0.3 is 14.6 Å². The average molecular weight is 481 g/mol. The van der Waals surface area contributed by atoms with Gasteiger partial charge in [-0.05, 0) is 37.2 Å². The number of esters is 1. The molecule has 3 unspecified atom stereocenters. The van der Waals surface area contributed by atoms with E-state index >= 15 is 0 Å². The molecule has 1 heterocycles. The highest BCUT2D eigenvalue weighted by atomic mass is 19.3. The normalized spacial score (nSPS) is 26.9. The van der Waals surface area contributed by atoms with Gasteiger partial charge >= 0.3 is 11.9 Å². The first-order valence-electron chi connectivity index (χ1n) is 12.8. The van der Waals surface area contributed by atoms with Crippen LogP contribution in [0.5, 0.6) is 0 Å². The molecular weight excluding hydrogens is 442 g/mol. The first-order valence-corrected chi connectivity index (χ1v) is 12.8. The lowest BCUT2D eigenvalue weighted by Gasteiger charge is -2.43. The fourth-order valence-electron chi connectivity index (χ4n) is 5.22. The maximum Gasteiger partial charge on any atom is 0.306 e. The summed E-state index contributed by atoms with van der Waals surface area (Å²) < 4.78 is 39.9. The summed E-state index contributed by atoms with van der Waals surface area (Å²) in [7, 11) is 0. The summed E-state index contributed by atoms with van der Waals surface area (Å²) in [5.41, 5.74) is 0.963. The van der Waals surface area contributed by atoms with Crippen LogP contribution in [0.4, 0.5) is 8.78 Å². The third-order valence-electron chi connectivity index (χ3n) is 7.28. The SMILES string of the molecule is CCCCC(F)(F)[C@@]1(O)CCC2C(CC(=O)C2CCCCCCC(=O)OCc2ccccc2)O1. The third-order valence-corrected chi connectivity index (χ3v) is 7.28. The summed E-state index contributed by atoms with van der Waals surface area (Å²) in [5, 5.41) is 10.5. The van der Waals surface area contributed by atoms with Crippen molar-refractivity contribution in [1.82, 2.24) is 0 Å². The molecule has 1 aromatic carbocycles. The van der Waals surface area contributed by atoms with Crippen LogP contribution >= 0.6 is 0 Å². The van der Waals surface area contributed by atoms with Gasteiger partial charge in [0.05, 0.1) is 6.10 Å². The molecule has 2 fully saturated rings. The minimum Gasteiger partial charge on any atom is -0.461 e. The molecule has 0 bridgehead atoms. The summed E-state index contributed by atoms with van der Waals surface area (Å²) in [6.45, 7) is 2.11. The van der Waals surface area contributed by atoms with Crippen molar-refractivity contribution in [3.63, 3.8) is 0 Å². The number of Topliss-reactive ketones (excluding diaryl/α,β-unsaturated/α-hetero) is 1. The van der Waals surface area contributed by atoms with E-state index in [9.17, 15) is 23.5 Å². The summed E-state index contributed by atoms with van der Waals surface area (Å²) in [6.07, 6.45) is 4.68. The van der Waals surface area contributed by atoms with Crippen LogP contribution in [0.2, 0.25) is 0 Å². The lowest BCUT2D eigenvalue weighted by atomic mass is 9.81. The van der Waals surface area contributed by atoms with E-state index in [-0.39, 0.29) is 43.0 Å². The highest BCUT2D eigenvalue weighted by Crippen LogP contribution is 2.49. The molecule has 0 amide bonds. The number of ether oxygens (including phenoxy) is 2. The van der Waals surface area contributed by atoms with Gasteiger partial charge in [0.15, 0.2) is 0 Å². The minimum atomic E-state index is -3.31. The second kappa shape index (κ2) is 12.2. The topological polar surface area (TPSA) is 72.8 Å². The number of halogens is 2. The quantitative estimate of drug-likeness (QED) is 0.278. The first kappa shape index (κ1) is 26.7. The molecule has 2 aliphatic rings. The zero-order valence-electron chi connectivity index (χ0n) is 20.1. The van der Waals surface area contributed by atoms with E-state index in [1.165, 1.54) is 0 Å². The smallest absolute Gasteiger partial charge is 0.306 e. The van der Waals surface area contributed by atoms with Gasteiger partial charge in [0.2, 0.25) is 5.79 Å². The maximum atomic E-state index is 14.6. The number of unbranched alkanes of at least 4 members (excludes halogenated alkanes) is 4. The van der Waals surface area contributed by atoms with Crippen LogP contribution in [0.3, 0.4) is 0 Å². The van der Waals surface area contributed by atoms with Gasteiger partial charge in [-0.3, -0.25) is 9.59 Å². The maximum absolute atomic E-state index is 14.6. The van der Waals surface area contributed by atoms with Crippen LogP contribution in [0, 0.1) is 11.8 Å². The minimum absolute atomic E-state index is 0.0561. The van der Waals surface area contributed by atoms with E-state index in [0.29, 0.717) is 32.1 Å². The van der Waals surface area contributed by atoms with Crippen LogP contribution in [0.15, 0.2) is 30.3 Å². The van der Waals surface area contributed by atoms with Crippen molar-refractivity contribution < 1.29 is 33.0 Å². The number of hydrogen-bond donors (Lipinski definition) is 1. The molecule has 0 radical (unpaired) electrons. The summed E-state index contributed by atoms with van der Waals surface area (Å²) >= 11 is 0. The number of alkyl halides is 2. The van der Waals surface area contributed by atoms with E-state index in [4.69, 9.17) is 9.47 Å². The van der Waals surface area contributed by atoms with Gasteiger partial charge in [0, 0.05) is 31.6 Å². The van der Waals surface area contributed by atoms with Gasteiger partial charge in [-0.2, -0.15) is 0 Å². The van der Waals surface area contributed by atoms with Crippen molar-refractivity contribution in [3.8, 4) is 0 Å². The largest absolute Gasteiger partial charge is 0.461 e. The Morgan fingerprint density at radius 2 is 1.91 bits per heavy atom. The number of benzene rings is 1. The Morgan fingerprint density at radius 1 is 1.18 bits per heavy atom. The monoisotopic (exact) mass is 480 g/mol. The fraction of sp³-hybridized carbons (Fsp3) is 0.704. The van der Waals surface area contributed by atoms with Crippen LogP contribution in [0.1, 0.15) is 89.5 Å².